The predicted octanol–water partition coefficient (Wildman–Crippen LogP) is 1.99. The highest BCUT2D eigenvalue weighted by molar-refractivity contribution is 5.75. The van der Waals surface area contributed by atoms with Gasteiger partial charge < -0.3 is 9.30 Å². The summed E-state index contributed by atoms with van der Waals surface area (Å²) < 4.78 is 6.83. The number of hydrogen-bond acceptors (Lipinski definition) is 3. The number of methoxy groups -OCH3 is 1. The molecular formula is C12H14N2O2. The second-order valence-corrected chi connectivity index (χ2v) is 3.91. The molecule has 0 fully saturated rings. The fraction of sp³-hybridized carbons (Fsp3) is 0.333. The number of nitrogens with zero attached hydrogens (tertiary/aromatic N) is 2. The molecule has 4 heteroatoms. The molecule has 0 aliphatic carbocycles. The summed E-state index contributed by atoms with van der Waals surface area (Å²) in [5.74, 6) is 0.660. The zero-order valence-electron chi connectivity index (χ0n) is 9.60. The van der Waals surface area contributed by atoms with Crippen LogP contribution in [-0.2, 0) is 0 Å². The van der Waals surface area contributed by atoms with Gasteiger partial charge >= 0.3 is 0 Å². The van der Waals surface area contributed by atoms with Crippen molar-refractivity contribution in [3.63, 3.8) is 0 Å². The average molecular weight is 218 g/mol. The van der Waals surface area contributed by atoms with E-state index < -0.39 is 0 Å². The highest BCUT2D eigenvalue weighted by Crippen LogP contribution is 2.18. The number of aromatic nitrogens is 2. The van der Waals surface area contributed by atoms with E-state index in [2.05, 4.69) is 4.98 Å². The van der Waals surface area contributed by atoms with Crippen LogP contribution in [-0.4, -0.2) is 16.7 Å². The monoisotopic (exact) mass is 218 g/mol. The predicted molar refractivity (Wildman–Crippen MR) is 62.9 cm³/mol. The van der Waals surface area contributed by atoms with Crippen LogP contribution in [0, 0.1) is 0 Å². The summed E-state index contributed by atoms with van der Waals surface area (Å²) >= 11 is 0. The van der Waals surface area contributed by atoms with Gasteiger partial charge in [-0.2, -0.15) is 0 Å². The Morgan fingerprint density at radius 1 is 1.38 bits per heavy atom. The van der Waals surface area contributed by atoms with E-state index >= 15 is 0 Å². The summed E-state index contributed by atoms with van der Waals surface area (Å²) in [7, 11) is 1.59. The first kappa shape index (κ1) is 10.7. The Bertz CT molecular complexity index is 573. The van der Waals surface area contributed by atoms with Crippen LogP contribution in [0.1, 0.15) is 19.9 Å². The Morgan fingerprint density at radius 2 is 2.12 bits per heavy atom. The van der Waals surface area contributed by atoms with Crippen LogP contribution in [0.25, 0.3) is 11.0 Å². The SMILES string of the molecule is COc1cnc2ccc(=O)n(C(C)C)c2c1. The van der Waals surface area contributed by atoms with E-state index in [4.69, 9.17) is 4.74 Å². The maximum absolute atomic E-state index is 11.8. The lowest BCUT2D eigenvalue weighted by molar-refractivity contribution is 0.413. The molecule has 2 rings (SSSR count). The normalized spacial score (nSPS) is 11.0. The summed E-state index contributed by atoms with van der Waals surface area (Å²) in [6.45, 7) is 3.95. The van der Waals surface area contributed by atoms with Gasteiger partial charge in [0.2, 0.25) is 0 Å². The van der Waals surface area contributed by atoms with E-state index in [1.54, 1.807) is 30.0 Å². The van der Waals surface area contributed by atoms with Gasteiger partial charge in [-0.3, -0.25) is 9.78 Å². The average Bonchev–Trinajstić information content (AvgIpc) is 2.27. The minimum absolute atomic E-state index is 0.0162. The number of ether oxygens (including phenoxy) is 1. The van der Waals surface area contributed by atoms with Gasteiger partial charge in [-0.05, 0) is 19.9 Å². The molecule has 0 N–H and O–H groups in total. The van der Waals surface area contributed by atoms with Crippen molar-refractivity contribution in [3.8, 4) is 5.75 Å². The maximum Gasteiger partial charge on any atom is 0.251 e. The first-order valence-corrected chi connectivity index (χ1v) is 5.19. The van der Waals surface area contributed by atoms with Crippen LogP contribution in [0.3, 0.4) is 0 Å². The smallest absolute Gasteiger partial charge is 0.251 e. The van der Waals surface area contributed by atoms with E-state index in [1.165, 1.54) is 0 Å². The third-order valence-electron chi connectivity index (χ3n) is 2.51. The second-order valence-electron chi connectivity index (χ2n) is 3.91. The van der Waals surface area contributed by atoms with Gasteiger partial charge in [0.1, 0.15) is 5.75 Å². The Kier molecular flexibility index (Phi) is 2.64. The molecule has 2 aromatic rings. The molecule has 2 heterocycles. The summed E-state index contributed by atoms with van der Waals surface area (Å²) in [6.07, 6.45) is 1.65. The van der Waals surface area contributed by atoms with Crippen LogP contribution in [0.4, 0.5) is 0 Å². The number of hydrogen-bond donors (Lipinski definition) is 0. The zero-order valence-corrected chi connectivity index (χ0v) is 9.60. The quantitative estimate of drug-likeness (QED) is 0.774. The molecule has 0 aromatic carbocycles. The number of rotatable bonds is 2. The Hall–Kier alpha value is -1.84. The molecule has 0 saturated heterocycles. The first-order valence-electron chi connectivity index (χ1n) is 5.19. The largest absolute Gasteiger partial charge is 0.495 e. The van der Waals surface area contributed by atoms with Crippen LogP contribution >= 0.6 is 0 Å². The van der Waals surface area contributed by atoms with Crippen molar-refractivity contribution in [1.82, 2.24) is 9.55 Å². The lowest BCUT2D eigenvalue weighted by atomic mass is 10.2. The minimum Gasteiger partial charge on any atom is -0.495 e. The van der Waals surface area contributed by atoms with Crippen molar-refractivity contribution in [1.29, 1.82) is 0 Å². The molecule has 0 aliphatic rings. The maximum atomic E-state index is 11.8. The molecule has 84 valence electrons. The second kappa shape index (κ2) is 3.96. The van der Waals surface area contributed by atoms with Crippen LogP contribution in [0.2, 0.25) is 0 Å². The Labute approximate surface area is 93.5 Å². The van der Waals surface area contributed by atoms with E-state index in [0.29, 0.717) is 5.75 Å². The van der Waals surface area contributed by atoms with Crippen LogP contribution in [0.5, 0.6) is 5.75 Å². The molecular weight excluding hydrogens is 204 g/mol. The molecule has 0 spiro atoms. The molecule has 0 saturated carbocycles. The number of pyridine rings is 2. The van der Waals surface area contributed by atoms with Crippen LogP contribution in [0.15, 0.2) is 29.2 Å². The molecule has 0 radical (unpaired) electrons. The van der Waals surface area contributed by atoms with Crippen molar-refractivity contribution in [2.75, 3.05) is 7.11 Å². The molecule has 0 aliphatic heterocycles. The minimum atomic E-state index is -0.0162. The summed E-state index contributed by atoms with van der Waals surface area (Å²) in [6, 6.07) is 5.21. The standard InChI is InChI=1S/C12H14N2O2/c1-8(2)14-11-6-9(16-3)7-13-10(11)4-5-12(14)15/h4-8H,1-3H3. The van der Waals surface area contributed by atoms with E-state index in [0.717, 1.165) is 11.0 Å². The molecule has 0 atom stereocenters. The summed E-state index contributed by atoms with van der Waals surface area (Å²) in [5, 5.41) is 0. The third-order valence-corrected chi connectivity index (χ3v) is 2.51. The van der Waals surface area contributed by atoms with Gasteiger partial charge in [0.05, 0.1) is 24.3 Å². The van der Waals surface area contributed by atoms with E-state index in [-0.39, 0.29) is 11.6 Å². The fourth-order valence-electron chi connectivity index (χ4n) is 1.76. The van der Waals surface area contributed by atoms with E-state index in [1.807, 2.05) is 19.9 Å². The van der Waals surface area contributed by atoms with E-state index in [9.17, 15) is 4.79 Å². The molecule has 0 unspecified atom stereocenters. The van der Waals surface area contributed by atoms with Gasteiger partial charge in [0.25, 0.3) is 5.56 Å². The summed E-state index contributed by atoms with van der Waals surface area (Å²) in [5.41, 5.74) is 1.59. The van der Waals surface area contributed by atoms with Gasteiger partial charge in [0.15, 0.2) is 0 Å². The molecule has 0 bridgehead atoms. The lowest BCUT2D eigenvalue weighted by Crippen LogP contribution is -2.21. The van der Waals surface area contributed by atoms with Crippen molar-refractivity contribution in [3.05, 3.63) is 34.7 Å². The molecule has 0 amide bonds. The number of fused-ring (bicyclic) bond motifs is 1. The molecule has 2 aromatic heterocycles. The zero-order chi connectivity index (χ0) is 11.7. The topological polar surface area (TPSA) is 44.1 Å². The molecule has 16 heavy (non-hydrogen) atoms. The van der Waals surface area contributed by atoms with Crippen LogP contribution < -0.4 is 10.3 Å². The highest BCUT2D eigenvalue weighted by Gasteiger charge is 2.07. The van der Waals surface area contributed by atoms with Gasteiger partial charge in [-0.15, -0.1) is 0 Å². The van der Waals surface area contributed by atoms with Crippen molar-refractivity contribution in [2.24, 2.45) is 0 Å². The van der Waals surface area contributed by atoms with Gasteiger partial charge in [-0.1, -0.05) is 0 Å². The molecule has 4 nitrogen and oxygen atoms in total. The van der Waals surface area contributed by atoms with Crippen molar-refractivity contribution < 1.29 is 4.74 Å². The lowest BCUT2D eigenvalue weighted by Gasteiger charge is -2.13. The Morgan fingerprint density at radius 3 is 2.75 bits per heavy atom. The van der Waals surface area contributed by atoms with Crippen molar-refractivity contribution in [2.45, 2.75) is 19.9 Å². The third kappa shape index (κ3) is 1.66. The van der Waals surface area contributed by atoms with Crippen molar-refractivity contribution >= 4 is 11.0 Å². The Balaban J connectivity index is 2.83. The highest BCUT2D eigenvalue weighted by atomic mass is 16.5. The van der Waals surface area contributed by atoms with Gasteiger partial charge in [-0.25, -0.2) is 0 Å². The van der Waals surface area contributed by atoms with Gasteiger partial charge in [0, 0.05) is 18.2 Å². The fourth-order valence-corrected chi connectivity index (χ4v) is 1.76. The first-order chi connectivity index (χ1) is 7.63. The summed E-state index contributed by atoms with van der Waals surface area (Å²) in [4.78, 5) is 16.0.